The van der Waals surface area contributed by atoms with Gasteiger partial charge >= 0.3 is 0 Å². The lowest BCUT2D eigenvalue weighted by Gasteiger charge is -2.23. The zero-order chi connectivity index (χ0) is 18.0. The maximum Gasteiger partial charge on any atom is 0.266 e. The number of thioether (sulfide) groups is 1. The highest BCUT2D eigenvalue weighted by Gasteiger charge is 2.35. The number of hydrogen-bond donors (Lipinski definition) is 0. The van der Waals surface area contributed by atoms with Gasteiger partial charge in [0, 0.05) is 19.8 Å². The number of rotatable bonds is 4. The van der Waals surface area contributed by atoms with Crippen LogP contribution in [0.1, 0.15) is 24.1 Å². The lowest BCUT2D eigenvalue weighted by molar-refractivity contribution is -0.123. The maximum atomic E-state index is 12.9. The van der Waals surface area contributed by atoms with E-state index in [1.165, 1.54) is 11.8 Å². The summed E-state index contributed by atoms with van der Waals surface area (Å²) in [5, 5.41) is 0. The third kappa shape index (κ3) is 3.78. The van der Waals surface area contributed by atoms with Gasteiger partial charge in [-0.25, -0.2) is 0 Å². The molecule has 1 aliphatic heterocycles. The molecule has 2 aromatic carbocycles. The van der Waals surface area contributed by atoms with Crippen LogP contribution >= 0.6 is 24.0 Å². The molecule has 5 heteroatoms. The van der Waals surface area contributed by atoms with Gasteiger partial charge in [-0.05, 0) is 36.3 Å². The number of carbonyl (C=O) groups is 1. The van der Waals surface area contributed by atoms with E-state index in [-0.39, 0.29) is 11.9 Å². The second kappa shape index (κ2) is 7.42. The van der Waals surface area contributed by atoms with Crippen LogP contribution in [0.5, 0.6) is 0 Å². The van der Waals surface area contributed by atoms with E-state index in [0.717, 1.165) is 16.8 Å². The van der Waals surface area contributed by atoms with Crippen LogP contribution in [0, 0.1) is 0 Å². The first kappa shape index (κ1) is 17.7. The molecule has 1 aliphatic rings. The number of amides is 1. The minimum Gasteiger partial charge on any atom is -0.378 e. The van der Waals surface area contributed by atoms with Crippen LogP contribution in [0.15, 0.2) is 59.5 Å². The van der Waals surface area contributed by atoms with Gasteiger partial charge in [-0.3, -0.25) is 9.69 Å². The van der Waals surface area contributed by atoms with E-state index in [1.807, 2.05) is 86.6 Å². The van der Waals surface area contributed by atoms with Gasteiger partial charge in [-0.1, -0.05) is 66.4 Å². The Labute approximate surface area is 158 Å². The molecule has 0 N–H and O–H groups in total. The predicted molar refractivity (Wildman–Crippen MR) is 111 cm³/mol. The van der Waals surface area contributed by atoms with Gasteiger partial charge in [0.25, 0.3) is 5.91 Å². The standard InChI is InChI=1S/C20H20N2OS2/c1-14(16-7-5-4-6-8-16)22-19(23)18(25-20(22)24)13-15-9-11-17(12-10-15)21(2)3/h4-14H,1-3H3/b18-13-/t14-/m0/s1. The van der Waals surface area contributed by atoms with Crippen molar-refractivity contribution in [3.05, 3.63) is 70.6 Å². The molecule has 1 amide bonds. The summed E-state index contributed by atoms with van der Waals surface area (Å²) in [6, 6.07) is 18.0. The predicted octanol–water partition coefficient (Wildman–Crippen LogP) is 4.72. The van der Waals surface area contributed by atoms with E-state index in [4.69, 9.17) is 12.2 Å². The molecule has 128 valence electrons. The molecular weight excluding hydrogens is 348 g/mol. The second-order valence-corrected chi connectivity index (χ2v) is 7.80. The Morgan fingerprint density at radius 3 is 2.32 bits per heavy atom. The van der Waals surface area contributed by atoms with E-state index in [9.17, 15) is 4.79 Å². The van der Waals surface area contributed by atoms with Crippen molar-refractivity contribution in [1.82, 2.24) is 4.90 Å². The Hall–Kier alpha value is -2.11. The van der Waals surface area contributed by atoms with Crippen molar-refractivity contribution in [2.75, 3.05) is 19.0 Å². The molecule has 1 heterocycles. The number of thiocarbonyl (C=S) groups is 1. The largest absolute Gasteiger partial charge is 0.378 e. The number of carbonyl (C=O) groups excluding carboxylic acids is 1. The third-order valence-electron chi connectivity index (χ3n) is 4.20. The summed E-state index contributed by atoms with van der Waals surface area (Å²) in [5.74, 6) is -0.0250. The van der Waals surface area contributed by atoms with E-state index in [0.29, 0.717) is 9.23 Å². The molecule has 1 atom stereocenters. The SMILES string of the molecule is C[C@@H](c1ccccc1)N1C(=O)/C(=C/c2ccc(N(C)C)cc2)SC1=S. The van der Waals surface area contributed by atoms with Gasteiger partial charge in [0.15, 0.2) is 0 Å². The van der Waals surface area contributed by atoms with Crippen molar-refractivity contribution >= 4 is 46.0 Å². The smallest absolute Gasteiger partial charge is 0.266 e. The molecule has 2 aromatic rings. The van der Waals surface area contributed by atoms with Crippen LogP contribution in [0.4, 0.5) is 5.69 Å². The van der Waals surface area contributed by atoms with Crippen molar-refractivity contribution in [1.29, 1.82) is 0 Å². The molecule has 0 aromatic heterocycles. The van der Waals surface area contributed by atoms with E-state index >= 15 is 0 Å². The molecule has 0 saturated carbocycles. The van der Waals surface area contributed by atoms with E-state index < -0.39 is 0 Å². The summed E-state index contributed by atoms with van der Waals surface area (Å²) in [6.45, 7) is 2.01. The molecule has 0 spiro atoms. The van der Waals surface area contributed by atoms with Crippen molar-refractivity contribution in [3.63, 3.8) is 0 Å². The Bertz CT molecular complexity index is 813. The average molecular weight is 369 g/mol. The van der Waals surface area contributed by atoms with Gasteiger partial charge in [-0.2, -0.15) is 0 Å². The monoisotopic (exact) mass is 368 g/mol. The van der Waals surface area contributed by atoms with Crippen LogP contribution < -0.4 is 4.90 Å². The van der Waals surface area contributed by atoms with Gasteiger partial charge in [0.1, 0.15) is 4.32 Å². The van der Waals surface area contributed by atoms with Crippen LogP contribution in [0.25, 0.3) is 6.08 Å². The summed E-state index contributed by atoms with van der Waals surface area (Å²) >= 11 is 6.83. The van der Waals surface area contributed by atoms with Crippen molar-refractivity contribution in [2.24, 2.45) is 0 Å². The molecule has 25 heavy (non-hydrogen) atoms. The molecular formula is C20H20N2OS2. The highest BCUT2D eigenvalue weighted by atomic mass is 32.2. The first-order valence-electron chi connectivity index (χ1n) is 8.07. The fraction of sp³-hybridized carbons (Fsp3) is 0.200. The van der Waals surface area contributed by atoms with Crippen LogP contribution in [0.2, 0.25) is 0 Å². The zero-order valence-corrected chi connectivity index (χ0v) is 16.1. The molecule has 1 saturated heterocycles. The Balaban J connectivity index is 1.83. The number of hydrogen-bond acceptors (Lipinski definition) is 4. The molecule has 0 bridgehead atoms. The lowest BCUT2D eigenvalue weighted by atomic mass is 10.1. The summed E-state index contributed by atoms with van der Waals surface area (Å²) in [6.07, 6.45) is 1.91. The van der Waals surface area contributed by atoms with Gasteiger partial charge in [0.2, 0.25) is 0 Å². The Morgan fingerprint density at radius 1 is 1.08 bits per heavy atom. The summed E-state index contributed by atoms with van der Waals surface area (Å²) in [5.41, 5.74) is 3.20. The third-order valence-corrected chi connectivity index (χ3v) is 5.53. The van der Waals surface area contributed by atoms with Crippen LogP contribution in [-0.2, 0) is 4.79 Å². The molecule has 0 aliphatic carbocycles. The number of anilines is 1. The fourth-order valence-corrected chi connectivity index (χ4v) is 4.13. The maximum absolute atomic E-state index is 12.9. The summed E-state index contributed by atoms with van der Waals surface area (Å²) in [4.78, 5) is 17.3. The van der Waals surface area contributed by atoms with Crippen LogP contribution in [-0.4, -0.2) is 29.2 Å². The second-order valence-electron chi connectivity index (χ2n) is 6.12. The quantitative estimate of drug-likeness (QED) is 0.576. The Morgan fingerprint density at radius 2 is 1.72 bits per heavy atom. The van der Waals surface area contributed by atoms with Crippen molar-refractivity contribution in [2.45, 2.75) is 13.0 Å². The topological polar surface area (TPSA) is 23.6 Å². The Kier molecular flexibility index (Phi) is 5.25. The minimum atomic E-state index is -0.0734. The van der Waals surface area contributed by atoms with Crippen molar-refractivity contribution < 1.29 is 4.79 Å². The van der Waals surface area contributed by atoms with Gasteiger partial charge in [0.05, 0.1) is 10.9 Å². The summed E-state index contributed by atoms with van der Waals surface area (Å²) < 4.78 is 0.609. The molecule has 0 unspecified atom stereocenters. The first-order chi connectivity index (χ1) is 12.0. The van der Waals surface area contributed by atoms with E-state index in [2.05, 4.69) is 0 Å². The lowest BCUT2D eigenvalue weighted by Crippen LogP contribution is -2.30. The molecule has 0 radical (unpaired) electrons. The van der Waals surface area contributed by atoms with Crippen LogP contribution in [0.3, 0.4) is 0 Å². The number of nitrogens with zero attached hydrogens (tertiary/aromatic N) is 2. The van der Waals surface area contributed by atoms with Crippen molar-refractivity contribution in [3.8, 4) is 0 Å². The minimum absolute atomic E-state index is 0.0250. The highest BCUT2D eigenvalue weighted by molar-refractivity contribution is 8.26. The molecule has 1 fully saturated rings. The first-order valence-corrected chi connectivity index (χ1v) is 9.29. The highest BCUT2D eigenvalue weighted by Crippen LogP contribution is 2.38. The fourth-order valence-electron chi connectivity index (χ4n) is 2.71. The average Bonchev–Trinajstić information content (AvgIpc) is 2.89. The zero-order valence-electron chi connectivity index (χ0n) is 14.5. The number of benzene rings is 2. The molecule has 3 rings (SSSR count). The van der Waals surface area contributed by atoms with E-state index in [1.54, 1.807) is 4.90 Å². The van der Waals surface area contributed by atoms with Gasteiger partial charge < -0.3 is 4.90 Å². The molecule has 3 nitrogen and oxygen atoms in total. The normalized spacial score (nSPS) is 17.2. The summed E-state index contributed by atoms with van der Waals surface area (Å²) in [7, 11) is 4.01. The van der Waals surface area contributed by atoms with Gasteiger partial charge in [-0.15, -0.1) is 0 Å².